The SMILES string of the molecule is O=C(Nc1ccc(F)cc1I)c1cccc(F)n1. The van der Waals surface area contributed by atoms with Gasteiger partial charge in [-0.3, -0.25) is 4.79 Å². The highest BCUT2D eigenvalue weighted by molar-refractivity contribution is 14.1. The van der Waals surface area contributed by atoms with Gasteiger partial charge in [0.15, 0.2) is 0 Å². The van der Waals surface area contributed by atoms with Crippen molar-refractivity contribution in [3.63, 3.8) is 0 Å². The van der Waals surface area contributed by atoms with Gasteiger partial charge in [0.1, 0.15) is 11.5 Å². The fourth-order valence-corrected chi connectivity index (χ4v) is 1.92. The summed E-state index contributed by atoms with van der Waals surface area (Å²) >= 11 is 1.90. The van der Waals surface area contributed by atoms with Crippen LogP contribution in [0.4, 0.5) is 14.5 Å². The van der Waals surface area contributed by atoms with Gasteiger partial charge in [0.2, 0.25) is 5.95 Å². The Hall–Kier alpha value is -1.57. The van der Waals surface area contributed by atoms with E-state index in [1.54, 1.807) is 0 Å². The predicted molar refractivity (Wildman–Crippen MR) is 71.3 cm³/mol. The second-order valence-electron chi connectivity index (χ2n) is 3.42. The number of halogens is 3. The predicted octanol–water partition coefficient (Wildman–Crippen LogP) is 3.22. The van der Waals surface area contributed by atoms with Crippen LogP contribution < -0.4 is 5.32 Å². The maximum atomic E-state index is 12.9. The number of carbonyl (C=O) groups excluding carboxylic acids is 1. The third-order valence-corrected chi connectivity index (χ3v) is 3.02. The lowest BCUT2D eigenvalue weighted by Gasteiger charge is -2.06. The molecule has 6 heteroatoms. The van der Waals surface area contributed by atoms with Crippen LogP contribution in [0.3, 0.4) is 0 Å². The smallest absolute Gasteiger partial charge is 0.274 e. The fraction of sp³-hybridized carbons (Fsp3) is 0. The fourth-order valence-electron chi connectivity index (χ4n) is 1.31. The van der Waals surface area contributed by atoms with Crippen molar-refractivity contribution in [2.24, 2.45) is 0 Å². The topological polar surface area (TPSA) is 42.0 Å². The van der Waals surface area contributed by atoms with Gasteiger partial charge in [0.25, 0.3) is 5.91 Å². The first-order valence-electron chi connectivity index (χ1n) is 4.95. The number of rotatable bonds is 2. The van der Waals surface area contributed by atoms with E-state index in [0.29, 0.717) is 9.26 Å². The highest BCUT2D eigenvalue weighted by Crippen LogP contribution is 2.19. The molecule has 2 aromatic rings. The van der Waals surface area contributed by atoms with Crippen molar-refractivity contribution >= 4 is 34.2 Å². The lowest BCUT2D eigenvalue weighted by atomic mass is 10.3. The Kier molecular flexibility index (Phi) is 3.85. The Bertz CT molecular complexity index is 604. The van der Waals surface area contributed by atoms with E-state index < -0.39 is 11.9 Å². The third kappa shape index (κ3) is 3.00. The monoisotopic (exact) mass is 360 g/mol. The summed E-state index contributed by atoms with van der Waals surface area (Å²) in [6.45, 7) is 0. The number of aromatic nitrogens is 1. The van der Waals surface area contributed by atoms with Gasteiger partial charge in [0, 0.05) is 3.57 Å². The Morgan fingerprint density at radius 1 is 1.22 bits per heavy atom. The highest BCUT2D eigenvalue weighted by atomic mass is 127. The molecule has 0 aliphatic rings. The van der Waals surface area contributed by atoms with E-state index in [9.17, 15) is 13.6 Å². The van der Waals surface area contributed by atoms with Crippen LogP contribution in [-0.2, 0) is 0 Å². The Morgan fingerprint density at radius 3 is 2.67 bits per heavy atom. The molecule has 0 aliphatic carbocycles. The van der Waals surface area contributed by atoms with Crippen molar-refractivity contribution in [3.8, 4) is 0 Å². The summed E-state index contributed by atoms with van der Waals surface area (Å²) in [5.74, 6) is -1.66. The highest BCUT2D eigenvalue weighted by Gasteiger charge is 2.10. The average Bonchev–Trinajstić information content (AvgIpc) is 2.32. The van der Waals surface area contributed by atoms with Gasteiger partial charge in [-0.05, 0) is 52.9 Å². The van der Waals surface area contributed by atoms with Crippen molar-refractivity contribution in [2.75, 3.05) is 5.32 Å². The molecule has 0 saturated carbocycles. The van der Waals surface area contributed by atoms with Crippen molar-refractivity contribution in [1.82, 2.24) is 4.98 Å². The number of carbonyl (C=O) groups is 1. The molecule has 0 unspecified atom stereocenters. The van der Waals surface area contributed by atoms with E-state index in [-0.39, 0.29) is 11.5 Å². The largest absolute Gasteiger partial charge is 0.320 e. The number of hydrogen-bond donors (Lipinski definition) is 1. The zero-order valence-corrected chi connectivity index (χ0v) is 11.1. The Labute approximate surface area is 115 Å². The van der Waals surface area contributed by atoms with Gasteiger partial charge in [-0.1, -0.05) is 6.07 Å². The number of nitrogens with one attached hydrogen (secondary N) is 1. The van der Waals surface area contributed by atoms with E-state index in [1.165, 1.54) is 30.3 Å². The van der Waals surface area contributed by atoms with Gasteiger partial charge in [0.05, 0.1) is 5.69 Å². The maximum absolute atomic E-state index is 12.9. The number of amides is 1. The van der Waals surface area contributed by atoms with E-state index in [0.717, 1.165) is 6.07 Å². The van der Waals surface area contributed by atoms with Crippen LogP contribution in [0, 0.1) is 15.3 Å². The normalized spacial score (nSPS) is 10.2. The summed E-state index contributed by atoms with van der Waals surface area (Å²) in [4.78, 5) is 15.2. The molecule has 1 heterocycles. The van der Waals surface area contributed by atoms with Crippen LogP contribution in [-0.4, -0.2) is 10.9 Å². The third-order valence-electron chi connectivity index (χ3n) is 2.13. The maximum Gasteiger partial charge on any atom is 0.274 e. The first-order valence-corrected chi connectivity index (χ1v) is 6.03. The quantitative estimate of drug-likeness (QED) is 0.660. The van der Waals surface area contributed by atoms with E-state index in [1.807, 2.05) is 22.6 Å². The summed E-state index contributed by atoms with van der Waals surface area (Å²) in [5, 5.41) is 2.54. The molecule has 1 amide bonds. The van der Waals surface area contributed by atoms with Crippen LogP contribution in [0.25, 0.3) is 0 Å². The molecule has 1 N–H and O–H groups in total. The minimum absolute atomic E-state index is 0.0323. The molecular weight excluding hydrogens is 353 g/mol. The molecule has 92 valence electrons. The van der Waals surface area contributed by atoms with Gasteiger partial charge < -0.3 is 5.32 Å². The van der Waals surface area contributed by atoms with Crippen LogP contribution >= 0.6 is 22.6 Å². The van der Waals surface area contributed by atoms with Gasteiger partial charge >= 0.3 is 0 Å². The molecule has 0 spiro atoms. The summed E-state index contributed by atoms with van der Waals surface area (Å²) in [5.41, 5.74) is 0.420. The molecule has 1 aromatic heterocycles. The second-order valence-corrected chi connectivity index (χ2v) is 4.59. The molecule has 0 atom stereocenters. The first-order chi connectivity index (χ1) is 8.56. The first kappa shape index (κ1) is 12.9. The summed E-state index contributed by atoms with van der Waals surface area (Å²) < 4.78 is 26.3. The number of anilines is 1. The molecule has 2 rings (SSSR count). The van der Waals surface area contributed by atoms with Crippen molar-refractivity contribution in [2.45, 2.75) is 0 Å². The molecule has 0 aliphatic heterocycles. The summed E-state index contributed by atoms with van der Waals surface area (Å²) in [6, 6.07) is 7.90. The van der Waals surface area contributed by atoms with Crippen molar-refractivity contribution in [1.29, 1.82) is 0 Å². The van der Waals surface area contributed by atoms with Crippen LogP contribution in [0.15, 0.2) is 36.4 Å². The second kappa shape index (κ2) is 5.38. The molecule has 0 fully saturated rings. The van der Waals surface area contributed by atoms with Gasteiger partial charge in [-0.25, -0.2) is 9.37 Å². The lowest BCUT2D eigenvalue weighted by molar-refractivity contribution is 0.102. The number of nitrogens with zero attached hydrogens (tertiary/aromatic N) is 1. The van der Waals surface area contributed by atoms with Crippen molar-refractivity contribution < 1.29 is 13.6 Å². The zero-order valence-electron chi connectivity index (χ0n) is 8.95. The average molecular weight is 360 g/mol. The van der Waals surface area contributed by atoms with Gasteiger partial charge in [-0.2, -0.15) is 4.39 Å². The van der Waals surface area contributed by atoms with Crippen LogP contribution in [0.5, 0.6) is 0 Å². The summed E-state index contributed by atoms with van der Waals surface area (Å²) in [6.07, 6.45) is 0. The summed E-state index contributed by atoms with van der Waals surface area (Å²) in [7, 11) is 0. The molecule has 1 aromatic carbocycles. The van der Waals surface area contributed by atoms with Crippen LogP contribution in [0.1, 0.15) is 10.5 Å². The van der Waals surface area contributed by atoms with Gasteiger partial charge in [-0.15, -0.1) is 0 Å². The zero-order chi connectivity index (χ0) is 13.1. The van der Waals surface area contributed by atoms with E-state index in [4.69, 9.17) is 0 Å². The molecule has 0 bridgehead atoms. The van der Waals surface area contributed by atoms with E-state index in [2.05, 4.69) is 10.3 Å². The van der Waals surface area contributed by atoms with Crippen molar-refractivity contribution in [3.05, 3.63) is 57.4 Å². The molecule has 3 nitrogen and oxygen atoms in total. The minimum Gasteiger partial charge on any atom is -0.320 e. The minimum atomic E-state index is -0.726. The number of pyridine rings is 1. The number of hydrogen-bond acceptors (Lipinski definition) is 2. The van der Waals surface area contributed by atoms with E-state index >= 15 is 0 Å². The van der Waals surface area contributed by atoms with Crippen LogP contribution in [0.2, 0.25) is 0 Å². The molecule has 18 heavy (non-hydrogen) atoms. The Morgan fingerprint density at radius 2 is 2.00 bits per heavy atom. The molecular formula is C12H7F2IN2O. The standard InChI is InChI=1S/C12H7F2IN2O/c13-7-4-5-9(8(15)6-7)17-12(18)10-2-1-3-11(14)16-10/h1-6H,(H,17,18). The number of benzene rings is 1. The lowest BCUT2D eigenvalue weighted by Crippen LogP contribution is -2.15. The molecule has 0 radical (unpaired) electrons. The molecule has 0 saturated heterocycles. The Balaban J connectivity index is 2.21.